The van der Waals surface area contributed by atoms with Gasteiger partial charge in [0.2, 0.25) is 5.95 Å². The van der Waals surface area contributed by atoms with Gasteiger partial charge in [-0.05, 0) is 26.2 Å². The maximum atomic E-state index is 13.2. The molecule has 0 amide bonds. The third-order valence-electron chi connectivity index (χ3n) is 3.05. The highest BCUT2D eigenvalue weighted by Crippen LogP contribution is 2.30. The molecule has 1 heterocycles. The molecule has 0 aliphatic rings. The molecule has 0 saturated heterocycles. The summed E-state index contributed by atoms with van der Waals surface area (Å²) in [5.74, 6) is -2.60. The van der Waals surface area contributed by atoms with Crippen LogP contribution in [0.2, 0.25) is 0 Å². The summed E-state index contributed by atoms with van der Waals surface area (Å²) in [6.07, 6.45) is -4.68. The van der Waals surface area contributed by atoms with Gasteiger partial charge < -0.3 is 15.5 Å². The molecule has 10 heteroatoms. The van der Waals surface area contributed by atoms with Gasteiger partial charge in [0.1, 0.15) is 5.82 Å². The average Bonchev–Trinajstić information content (AvgIpc) is 2.49. The first-order chi connectivity index (χ1) is 11.6. The molecule has 0 spiro atoms. The summed E-state index contributed by atoms with van der Waals surface area (Å²) in [6, 6.07) is 3.56. The average molecular weight is 361 g/mol. The van der Waals surface area contributed by atoms with Gasteiger partial charge in [-0.2, -0.15) is 18.2 Å². The number of benzene rings is 1. The number of aromatic nitrogens is 2. The minimum absolute atomic E-state index is 0.0602. The second kappa shape index (κ2) is 7.60. The van der Waals surface area contributed by atoms with Crippen molar-refractivity contribution in [1.29, 1.82) is 0 Å². The van der Waals surface area contributed by atoms with E-state index in [0.717, 1.165) is 12.1 Å². The van der Waals surface area contributed by atoms with Crippen molar-refractivity contribution in [2.24, 2.45) is 0 Å². The van der Waals surface area contributed by atoms with Gasteiger partial charge in [-0.3, -0.25) is 0 Å². The lowest BCUT2D eigenvalue weighted by atomic mass is 10.3. The van der Waals surface area contributed by atoms with Crippen LogP contribution in [0.5, 0.6) is 0 Å². The highest BCUT2D eigenvalue weighted by molar-refractivity contribution is 5.57. The van der Waals surface area contributed by atoms with Gasteiger partial charge in [0.15, 0.2) is 17.3 Å². The molecule has 2 aromatic rings. The van der Waals surface area contributed by atoms with E-state index in [9.17, 15) is 22.0 Å². The van der Waals surface area contributed by atoms with Crippen LogP contribution in [0.4, 0.5) is 39.4 Å². The maximum absolute atomic E-state index is 13.2. The first kappa shape index (κ1) is 18.8. The predicted molar refractivity (Wildman–Crippen MR) is 83.7 cm³/mol. The molecule has 0 radical (unpaired) electrons. The first-order valence-corrected chi connectivity index (χ1v) is 7.22. The van der Waals surface area contributed by atoms with E-state index in [2.05, 4.69) is 20.6 Å². The second-order valence-corrected chi connectivity index (χ2v) is 5.44. The van der Waals surface area contributed by atoms with E-state index in [1.165, 1.54) is 6.07 Å². The number of alkyl halides is 3. The van der Waals surface area contributed by atoms with Gasteiger partial charge in [0.25, 0.3) is 0 Å². The van der Waals surface area contributed by atoms with Crippen LogP contribution in [0.3, 0.4) is 0 Å². The number of halogens is 5. The van der Waals surface area contributed by atoms with Crippen molar-refractivity contribution in [1.82, 2.24) is 14.9 Å². The Labute approximate surface area is 140 Å². The molecule has 0 atom stereocenters. The fraction of sp³-hybridized carbons (Fsp3) is 0.333. The van der Waals surface area contributed by atoms with E-state index in [0.29, 0.717) is 19.2 Å². The van der Waals surface area contributed by atoms with Crippen LogP contribution < -0.4 is 10.6 Å². The Balaban J connectivity index is 2.27. The number of nitrogens with one attached hydrogen (secondary N) is 2. The number of hydrogen-bond donors (Lipinski definition) is 2. The van der Waals surface area contributed by atoms with Gasteiger partial charge in [-0.25, -0.2) is 13.8 Å². The summed E-state index contributed by atoms with van der Waals surface area (Å²) >= 11 is 0. The summed E-state index contributed by atoms with van der Waals surface area (Å²) in [5.41, 5.74) is -1.09. The van der Waals surface area contributed by atoms with E-state index in [4.69, 9.17) is 0 Å². The van der Waals surface area contributed by atoms with Gasteiger partial charge in [0.05, 0.1) is 0 Å². The molecule has 2 N–H and O–H groups in total. The second-order valence-electron chi connectivity index (χ2n) is 5.44. The van der Waals surface area contributed by atoms with E-state index in [1.807, 2.05) is 19.0 Å². The van der Waals surface area contributed by atoms with Crippen LogP contribution in [-0.2, 0) is 6.18 Å². The van der Waals surface area contributed by atoms with Crippen LogP contribution in [0.1, 0.15) is 5.69 Å². The molecular formula is C15H16F5N5. The fourth-order valence-corrected chi connectivity index (χ4v) is 1.85. The summed E-state index contributed by atoms with van der Waals surface area (Å²) in [4.78, 5) is 9.19. The fourth-order valence-electron chi connectivity index (χ4n) is 1.85. The highest BCUT2D eigenvalue weighted by atomic mass is 19.4. The minimum atomic E-state index is -4.68. The quantitative estimate of drug-likeness (QED) is 0.772. The van der Waals surface area contributed by atoms with Crippen molar-refractivity contribution < 1.29 is 22.0 Å². The van der Waals surface area contributed by atoms with Crippen LogP contribution >= 0.6 is 0 Å². The van der Waals surface area contributed by atoms with Crippen LogP contribution in [0.25, 0.3) is 0 Å². The van der Waals surface area contributed by atoms with Crippen molar-refractivity contribution in [2.75, 3.05) is 37.8 Å². The molecule has 0 aliphatic carbocycles. The van der Waals surface area contributed by atoms with E-state index < -0.39 is 23.5 Å². The lowest BCUT2D eigenvalue weighted by molar-refractivity contribution is -0.141. The zero-order valence-electron chi connectivity index (χ0n) is 13.5. The highest BCUT2D eigenvalue weighted by Gasteiger charge is 2.33. The Hall–Kier alpha value is -2.49. The van der Waals surface area contributed by atoms with E-state index >= 15 is 0 Å². The number of anilines is 3. The number of likely N-dealkylation sites (N-methyl/N-ethyl adjacent to an activating group) is 1. The predicted octanol–water partition coefficient (Wildman–Crippen LogP) is 3.49. The lowest BCUT2D eigenvalue weighted by Gasteiger charge is -2.14. The Kier molecular flexibility index (Phi) is 5.73. The standard InChI is InChI=1S/C15H16F5N5/c1-25(2)6-5-21-14-23-12(15(18,19)20)8-13(24-14)22-9-3-4-10(16)11(17)7-9/h3-4,7-8H,5-6H2,1-2H3,(H2,21,22,23,24). The molecule has 0 fully saturated rings. The Morgan fingerprint density at radius 2 is 1.76 bits per heavy atom. The van der Waals surface area contributed by atoms with E-state index in [-0.39, 0.29) is 17.5 Å². The summed E-state index contributed by atoms with van der Waals surface area (Å²) in [5, 5.41) is 5.21. The molecule has 1 aromatic carbocycles. The minimum Gasteiger partial charge on any atom is -0.353 e. The van der Waals surface area contributed by atoms with Crippen molar-refractivity contribution in [3.8, 4) is 0 Å². The molecule has 1 aromatic heterocycles. The van der Waals surface area contributed by atoms with Gasteiger partial charge in [-0.1, -0.05) is 0 Å². The maximum Gasteiger partial charge on any atom is 0.433 e. The number of nitrogens with zero attached hydrogens (tertiary/aromatic N) is 3. The Morgan fingerprint density at radius 1 is 1.04 bits per heavy atom. The van der Waals surface area contributed by atoms with Gasteiger partial charge >= 0.3 is 6.18 Å². The van der Waals surface area contributed by atoms with Crippen molar-refractivity contribution >= 4 is 17.5 Å². The number of rotatable bonds is 6. The third-order valence-corrected chi connectivity index (χ3v) is 3.05. The molecule has 136 valence electrons. The summed E-state index contributed by atoms with van der Waals surface area (Å²) < 4.78 is 65.1. The van der Waals surface area contributed by atoms with Crippen LogP contribution in [-0.4, -0.2) is 42.1 Å². The summed E-state index contributed by atoms with van der Waals surface area (Å²) in [6.45, 7) is 0.893. The molecule has 0 saturated carbocycles. The monoisotopic (exact) mass is 361 g/mol. The smallest absolute Gasteiger partial charge is 0.353 e. The third kappa shape index (κ3) is 5.52. The van der Waals surface area contributed by atoms with Gasteiger partial charge in [0, 0.05) is 30.9 Å². The molecule has 0 bridgehead atoms. The molecule has 0 aliphatic heterocycles. The first-order valence-electron chi connectivity index (χ1n) is 7.22. The van der Waals surface area contributed by atoms with E-state index in [1.54, 1.807) is 0 Å². The molecule has 0 unspecified atom stereocenters. The Morgan fingerprint density at radius 3 is 2.36 bits per heavy atom. The number of hydrogen-bond acceptors (Lipinski definition) is 5. The van der Waals surface area contributed by atoms with Crippen molar-refractivity contribution in [3.05, 3.63) is 41.6 Å². The zero-order chi connectivity index (χ0) is 18.6. The summed E-state index contributed by atoms with van der Waals surface area (Å²) in [7, 11) is 3.62. The van der Waals surface area contributed by atoms with Crippen LogP contribution in [0.15, 0.2) is 24.3 Å². The largest absolute Gasteiger partial charge is 0.433 e. The molecule has 25 heavy (non-hydrogen) atoms. The normalized spacial score (nSPS) is 11.7. The van der Waals surface area contributed by atoms with Crippen molar-refractivity contribution in [3.63, 3.8) is 0 Å². The lowest BCUT2D eigenvalue weighted by Crippen LogP contribution is -2.22. The SMILES string of the molecule is CN(C)CCNc1nc(Nc2ccc(F)c(F)c2)cc(C(F)(F)F)n1. The molecular weight excluding hydrogens is 345 g/mol. The molecule has 2 rings (SSSR count). The Bertz CT molecular complexity index is 733. The van der Waals surface area contributed by atoms with Crippen LogP contribution in [0, 0.1) is 11.6 Å². The topological polar surface area (TPSA) is 53.1 Å². The van der Waals surface area contributed by atoms with Gasteiger partial charge in [-0.15, -0.1) is 0 Å². The van der Waals surface area contributed by atoms with Crippen molar-refractivity contribution in [2.45, 2.75) is 6.18 Å². The molecule has 5 nitrogen and oxygen atoms in total. The zero-order valence-corrected chi connectivity index (χ0v) is 13.5.